The highest BCUT2D eigenvalue weighted by Gasteiger charge is 2.12. The van der Waals surface area contributed by atoms with Gasteiger partial charge in [0.15, 0.2) is 5.78 Å². The van der Waals surface area contributed by atoms with Crippen molar-refractivity contribution in [3.05, 3.63) is 56.5 Å². The molecule has 2 N–H and O–H groups in total. The summed E-state index contributed by atoms with van der Waals surface area (Å²) in [4.78, 5) is 12.3. The van der Waals surface area contributed by atoms with Gasteiger partial charge in [-0.05, 0) is 52.3 Å². The second-order valence-electron chi connectivity index (χ2n) is 4.29. The summed E-state index contributed by atoms with van der Waals surface area (Å²) in [6.07, 6.45) is 0.277. The van der Waals surface area contributed by atoms with Crippen LogP contribution in [0.4, 0.5) is 5.69 Å². The van der Waals surface area contributed by atoms with Crippen LogP contribution in [0.5, 0.6) is 5.75 Å². The molecule has 0 saturated heterocycles. The fourth-order valence-electron chi connectivity index (χ4n) is 1.86. The van der Waals surface area contributed by atoms with Gasteiger partial charge < -0.3 is 10.5 Å². The molecule has 0 fully saturated rings. The molecule has 0 aliphatic heterocycles. The Morgan fingerprint density at radius 3 is 2.60 bits per heavy atom. The van der Waals surface area contributed by atoms with Gasteiger partial charge in [-0.2, -0.15) is 0 Å². The van der Waals surface area contributed by atoms with Crippen molar-refractivity contribution in [1.82, 2.24) is 0 Å². The molecule has 5 heteroatoms. The van der Waals surface area contributed by atoms with Crippen LogP contribution in [0.3, 0.4) is 0 Å². The van der Waals surface area contributed by atoms with Crippen molar-refractivity contribution in [2.75, 3.05) is 12.8 Å². The lowest BCUT2D eigenvalue weighted by Crippen LogP contribution is -2.05. The van der Waals surface area contributed by atoms with Crippen LogP contribution in [0.1, 0.15) is 15.9 Å². The van der Waals surface area contributed by atoms with Crippen molar-refractivity contribution >= 4 is 43.3 Å². The van der Waals surface area contributed by atoms with Crippen molar-refractivity contribution in [3.63, 3.8) is 0 Å². The molecule has 0 aliphatic carbocycles. The van der Waals surface area contributed by atoms with Crippen LogP contribution in [0.2, 0.25) is 0 Å². The van der Waals surface area contributed by atoms with Gasteiger partial charge in [-0.3, -0.25) is 4.79 Å². The highest BCUT2D eigenvalue weighted by atomic mass is 79.9. The number of anilines is 1. The van der Waals surface area contributed by atoms with Gasteiger partial charge in [0.2, 0.25) is 0 Å². The Morgan fingerprint density at radius 1 is 1.20 bits per heavy atom. The van der Waals surface area contributed by atoms with E-state index in [-0.39, 0.29) is 12.2 Å². The minimum atomic E-state index is 0.0158. The first-order chi connectivity index (χ1) is 9.51. The minimum Gasteiger partial charge on any atom is -0.496 e. The number of nitrogen functional groups attached to an aromatic ring is 1. The van der Waals surface area contributed by atoms with E-state index in [1.807, 2.05) is 18.2 Å². The fraction of sp³-hybridized carbons (Fsp3) is 0.133. The summed E-state index contributed by atoms with van der Waals surface area (Å²) in [5, 5.41) is 0. The number of halogens is 2. The standard InChI is InChI=1S/C15H13Br2NO2/c1-20-15-5-3-11(16)6-10(15)8-14(19)9-2-4-13(18)12(17)7-9/h2-7H,8,18H2,1H3. The van der Waals surface area contributed by atoms with Crippen LogP contribution < -0.4 is 10.5 Å². The van der Waals surface area contributed by atoms with E-state index in [9.17, 15) is 4.79 Å². The average Bonchev–Trinajstić information content (AvgIpc) is 2.42. The molecule has 2 aromatic carbocycles. The molecule has 0 amide bonds. The van der Waals surface area contributed by atoms with E-state index in [2.05, 4.69) is 31.9 Å². The largest absolute Gasteiger partial charge is 0.496 e. The predicted molar refractivity (Wildman–Crippen MR) is 87.3 cm³/mol. The molecule has 0 atom stereocenters. The van der Waals surface area contributed by atoms with Gasteiger partial charge in [-0.1, -0.05) is 15.9 Å². The van der Waals surface area contributed by atoms with Crippen LogP contribution in [-0.4, -0.2) is 12.9 Å². The Balaban J connectivity index is 2.27. The smallest absolute Gasteiger partial charge is 0.167 e. The molecule has 2 aromatic rings. The molecule has 0 radical (unpaired) electrons. The maximum Gasteiger partial charge on any atom is 0.167 e. The van der Waals surface area contributed by atoms with E-state index in [1.165, 1.54) is 0 Å². The lowest BCUT2D eigenvalue weighted by Gasteiger charge is -2.09. The summed E-state index contributed by atoms with van der Waals surface area (Å²) in [6, 6.07) is 10.8. The van der Waals surface area contributed by atoms with Gasteiger partial charge in [-0.25, -0.2) is 0 Å². The number of hydrogen-bond donors (Lipinski definition) is 1. The molecule has 0 heterocycles. The second-order valence-corrected chi connectivity index (χ2v) is 6.06. The zero-order valence-corrected chi connectivity index (χ0v) is 14.0. The van der Waals surface area contributed by atoms with E-state index in [1.54, 1.807) is 25.3 Å². The third-order valence-corrected chi connectivity index (χ3v) is 4.10. The number of carbonyl (C=O) groups is 1. The molecule has 0 unspecified atom stereocenters. The molecule has 104 valence electrons. The summed E-state index contributed by atoms with van der Waals surface area (Å²) >= 11 is 6.73. The number of hydrogen-bond acceptors (Lipinski definition) is 3. The minimum absolute atomic E-state index is 0.0158. The third kappa shape index (κ3) is 3.41. The summed E-state index contributed by atoms with van der Waals surface area (Å²) < 4.78 is 6.92. The summed E-state index contributed by atoms with van der Waals surface area (Å²) in [6.45, 7) is 0. The lowest BCUT2D eigenvalue weighted by molar-refractivity contribution is 0.0992. The molecule has 0 saturated carbocycles. The number of rotatable bonds is 4. The Bertz CT molecular complexity index is 656. The fourth-order valence-corrected chi connectivity index (χ4v) is 2.65. The van der Waals surface area contributed by atoms with E-state index in [0.717, 1.165) is 14.5 Å². The molecule has 0 spiro atoms. The predicted octanol–water partition coefficient (Wildman–Crippen LogP) is 4.23. The number of Topliss-reactive ketones (excluding diaryl/α,β-unsaturated/α-hetero) is 1. The number of benzene rings is 2. The van der Waals surface area contributed by atoms with Gasteiger partial charge in [0.05, 0.1) is 7.11 Å². The zero-order chi connectivity index (χ0) is 14.7. The van der Waals surface area contributed by atoms with Crippen molar-refractivity contribution in [3.8, 4) is 5.75 Å². The molecular weight excluding hydrogens is 386 g/mol. The van der Waals surface area contributed by atoms with Gasteiger partial charge in [0.25, 0.3) is 0 Å². The molecule has 3 nitrogen and oxygen atoms in total. The molecule has 20 heavy (non-hydrogen) atoms. The summed E-state index contributed by atoms with van der Waals surface area (Å²) in [5.41, 5.74) is 7.80. The van der Waals surface area contributed by atoms with Crippen molar-refractivity contribution < 1.29 is 9.53 Å². The van der Waals surface area contributed by atoms with Crippen LogP contribution in [0.15, 0.2) is 45.3 Å². The van der Waals surface area contributed by atoms with Crippen LogP contribution in [0, 0.1) is 0 Å². The van der Waals surface area contributed by atoms with E-state index >= 15 is 0 Å². The first-order valence-corrected chi connectivity index (χ1v) is 7.50. The monoisotopic (exact) mass is 397 g/mol. The average molecular weight is 399 g/mol. The number of ketones is 1. The highest BCUT2D eigenvalue weighted by Crippen LogP contribution is 2.26. The summed E-state index contributed by atoms with van der Waals surface area (Å²) in [7, 11) is 1.59. The first-order valence-electron chi connectivity index (χ1n) is 5.92. The van der Waals surface area contributed by atoms with E-state index in [4.69, 9.17) is 10.5 Å². The third-order valence-electron chi connectivity index (χ3n) is 2.92. The molecular formula is C15H13Br2NO2. The van der Waals surface area contributed by atoms with Crippen LogP contribution in [0.25, 0.3) is 0 Å². The number of methoxy groups -OCH3 is 1. The second kappa shape index (κ2) is 6.41. The Labute approximate surface area is 134 Å². The van der Waals surface area contributed by atoms with Crippen LogP contribution in [-0.2, 0) is 6.42 Å². The Kier molecular flexibility index (Phi) is 4.83. The molecule has 0 aromatic heterocycles. The lowest BCUT2D eigenvalue weighted by atomic mass is 10.0. The SMILES string of the molecule is COc1ccc(Br)cc1CC(=O)c1ccc(N)c(Br)c1. The van der Waals surface area contributed by atoms with E-state index in [0.29, 0.717) is 17.0 Å². The maximum atomic E-state index is 12.3. The Hall–Kier alpha value is -1.33. The first kappa shape index (κ1) is 15.1. The quantitative estimate of drug-likeness (QED) is 0.619. The number of ether oxygens (including phenoxy) is 1. The zero-order valence-electron chi connectivity index (χ0n) is 10.8. The summed E-state index contributed by atoms with van der Waals surface area (Å²) in [5.74, 6) is 0.721. The highest BCUT2D eigenvalue weighted by molar-refractivity contribution is 9.10. The van der Waals surface area contributed by atoms with Gasteiger partial charge in [-0.15, -0.1) is 0 Å². The Morgan fingerprint density at radius 2 is 1.95 bits per heavy atom. The maximum absolute atomic E-state index is 12.3. The molecule has 2 rings (SSSR count). The normalized spacial score (nSPS) is 10.3. The molecule has 0 bridgehead atoms. The molecule has 0 aliphatic rings. The number of carbonyl (C=O) groups excluding carboxylic acids is 1. The van der Waals surface area contributed by atoms with Crippen molar-refractivity contribution in [2.24, 2.45) is 0 Å². The van der Waals surface area contributed by atoms with Gasteiger partial charge in [0, 0.05) is 32.2 Å². The topological polar surface area (TPSA) is 52.3 Å². The van der Waals surface area contributed by atoms with E-state index < -0.39 is 0 Å². The van der Waals surface area contributed by atoms with Gasteiger partial charge in [0.1, 0.15) is 5.75 Å². The van der Waals surface area contributed by atoms with Crippen molar-refractivity contribution in [1.29, 1.82) is 0 Å². The van der Waals surface area contributed by atoms with Crippen LogP contribution >= 0.6 is 31.9 Å². The van der Waals surface area contributed by atoms with Crippen molar-refractivity contribution in [2.45, 2.75) is 6.42 Å². The number of nitrogens with two attached hydrogens (primary N) is 1. The van der Waals surface area contributed by atoms with Gasteiger partial charge >= 0.3 is 0 Å².